The van der Waals surface area contributed by atoms with Crippen LogP contribution in [0.3, 0.4) is 0 Å². The van der Waals surface area contributed by atoms with Gasteiger partial charge in [0.25, 0.3) is 0 Å². The maximum atomic E-state index is 11.0. The Morgan fingerprint density at radius 1 is 1.27 bits per heavy atom. The lowest BCUT2D eigenvalue weighted by molar-refractivity contribution is 0.118. The average Bonchev–Trinajstić information content (AvgIpc) is 3.29. The number of hydrogen-bond donors (Lipinski definition) is 3. The SMILES string of the molecule is CN=Cc1cccc(C(O)c2ccc(N3CC[C@H](OC4=C(Cl)C=CCN4)C3)c(CCO)c2)c1. The van der Waals surface area contributed by atoms with Crippen molar-refractivity contribution in [2.24, 2.45) is 4.99 Å². The number of allylic oxidation sites excluding steroid dienone is 2. The molecule has 4 rings (SSSR count). The Labute approximate surface area is 199 Å². The average molecular weight is 468 g/mol. The summed E-state index contributed by atoms with van der Waals surface area (Å²) in [5.74, 6) is 0.635. The van der Waals surface area contributed by atoms with E-state index in [4.69, 9.17) is 16.3 Å². The fraction of sp³-hybridized carbons (Fsp3) is 0.346. The van der Waals surface area contributed by atoms with Crippen LogP contribution >= 0.6 is 11.6 Å². The van der Waals surface area contributed by atoms with Crippen LogP contribution in [0.15, 0.2) is 70.5 Å². The highest BCUT2D eigenvalue weighted by atomic mass is 35.5. The van der Waals surface area contributed by atoms with Crippen LogP contribution in [0.5, 0.6) is 0 Å². The molecule has 0 amide bonds. The summed E-state index contributed by atoms with van der Waals surface area (Å²) < 4.78 is 6.11. The molecule has 2 atom stereocenters. The van der Waals surface area contributed by atoms with Gasteiger partial charge in [-0.3, -0.25) is 4.99 Å². The number of nitrogens with one attached hydrogen (secondary N) is 1. The fourth-order valence-electron chi connectivity index (χ4n) is 4.34. The number of rotatable bonds is 8. The Hall–Kier alpha value is -2.80. The minimum Gasteiger partial charge on any atom is -0.473 e. The molecule has 2 aliphatic rings. The normalized spacial score (nSPS) is 19.3. The highest BCUT2D eigenvalue weighted by molar-refractivity contribution is 6.31. The largest absolute Gasteiger partial charge is 0.473 e. The molecule has 1 fully saturated rings. The molecule has 6 nitrogen and oxygen atoms in total. The molecule has 0 radical (unpaired) electrons. The summed E-state index contributed by atoms with van der Waals surface area (Å²) in [7, 11) is 1.73. The minimum absolute atomic E-state index is 0.0305. The van der Waals surface area contributed by atoms with Gasteiger partial charge in [-0.05, 0) is 46.9 Å². The van der Waals surface area contributed by atoms with E-state index in [0.29, 0.717) is 23.9 Å². The third-order valence-electron chi connectivity index (χ3n) is 5.94. The van der Waals surface area contributed by atoms with Crippen LogP contribution in [-0.2, 0) is 11.2 Å². The van der Waals surface area contributed by atoms with Crippen molar-refractivity contribution in [3.8, 4) is 0 Å². The first-order valence-electron chi connectivity index (χ1n) is 11.2. The van der Waals surface area contributed by atoms with Gasteiger partial charge >= 0.3 is 0 Å². The van der Waals surface area contributed by atoms with E-state index in [-0.39, 0.29) is 12.7 Å². The number of anilines is 1. The van der Waals surface area contributed by atoms with Gasteiger partial charge in [-0.25, -0.2) is 0 Å². The van der Waals surface area contributed by atoms with Crippen LogP contribution in [-0.4, -0.2) is 55.8 Å². The summed E-state index contributed by atoms with van der Waals surface area (Å²) in [5.41, 5.74) is 4.63. The maximum absolute atomic E-state index is 11.0. The van der Waals surface area contributed by atoms with Crippen molar-refractivity contribution in [1.82, 2.24) is 5.32 Å². The molecule has 2 aliphatic heterocycles. The van der Waals surface area contributed by atoms with Crippen molar-refractivity contribution in [3.05, 3.63) is 87.8 Å². The number of nitrogens with zero attached hydrogens (tertiary/aromatic N) is 2. The second kappa shape index (κ2) is 10.9. The van der Waals surface area contributed by atoms with Crippen molar-refractivity contribution in [2.45, 2.75) is 25.0 Å². The molecule has 0 spiro atoms. The van der Waals surface area contributed by atoms with Gasteiger partial charge in [0.15, 0.2) is 0 Å². The predicted octanol–water partition coefficient (Wildman–Crippen LogP) is 3.51. The molecule has 0 bridgehead atoms. The fourth-order valence-corrected chi connectivity index (χ4v) is 4.54. The van der Waals surface area contributed by atoms with Gasteiger partial charge in [-0.2, -0.15) is 0 Å². The third-order valence-corrected chi connectivity index (χ3v) is 6.23. The smallest absolute Gasteiger partial charge is 0.206 e. The Bertz CT molecular complexity index is 1070. The summed E-state index contributed by atoms with van der Waals surface area (Å²) in [5, 5.41) is 24.5. The lowest BCUT2D eigenvalue weighted by atomic mass is 9.96. The number of ether oxygens (including phenoxy) is 1. The number of benzene rings is 2. The van der Waals surface area contributed by atoms with Gasteiger partial charge in [0, 0.05) is 45.1 Å². The molecular formula is C26H30ClN3O3. The predicted molar refractivity (Wildman–Crippen MR) is 133 cm³/mol. The van der Waals surface area contributed by atoms with Gasteiger partial charge in [-0.15, -0.1) is 0 Å². The van der Waals surface area contributed by atoms with E-state index >= 15 is 0 Å². The van der Waals surface area contributed by atoms with Gasteiger partial charge < -0.3 is 25.2 Å². The van der Waals surface area contributed by atoms with Crippen molar-refractivity contribution in [1.29, 1.82) is 0 Å². The molecule has 174 valence electrons. The number of aliphatic hydroxyl groups excluding tert-OH is 2. The van der Waals surface area contributed by atoms with Crippen LogP contribution in [0.2, 0.25) is 0 Å². The zero-order valence-corrected chi connectivity index (χ0v) is 19.5. The second-order valence-corrected chi connectivity index (χ2v) is 8.66. The number of aliphatic imine (C=N–C) groups is 1. The number of dihydropyridines is 1. The second-order valence-electron chi connectivity index (χ2n) is 8.26. The first-order chi connectivity index (χ1) is 16.1. The summed E-state index contributed by atoms with van der Waals surface area (Å²) in [6.07, 6.45) is 6.26. The van der Waals surface area contributed by atoms with E-state index in [2.05, 4.69) is 15.2 Å². The lowest BCUT2D eigenvalue weighted by Gasteiger charge is -2.24. The molecule has 1 unspecified atom stereocenters. The zero-order valence-electron chi connectivity index (χ0n) is 18.7. The van der Waals surface area contributed by atoms with E-state index in [9.17, 15) is 10.2 Å². The molecule has 2 aromatic rings. The Morgan fingerprint density at radius 2 is 2.12 bits per heavy atom. The summed E-state index contributed by atoms with van der Waals surface area (Å²) in [6, 6.07) is 13.7. The molecule has 1 saturated heterocycles. The van der Waals surface area contributed by atoms with E-state index in [1.807, 2.05) is 54.6 Å². The van der Waals surface area contributed by atoms with Crippen LogP contribution in [0.1, 0.15) is 34.8 Å². The highest BCUT2D eigenvalue weighted by Crippen LogP contribution is 2.32. The van der Waals surface area contributed by atoms with Crippen molar-refractivity contribution in [3.63, 3.8) is 0 Å². The third kappa shape index (κ3) is 5.58. The van der Waals surface area contributed by atoms with Gasteiger partial charge in [0.2, 0.25) is 5.88 Å². The number of hydrogen-bond acceptors (Lipinski definition) is 6. The Kier molecular flexibility index (Phi) is 7.70. The molecule has 2 heterocycles. The molecule has 7 heteroatoms. The van der Waals surface area contributed by atoms with E-state index < -0.39 is 6.10 Å². The van der Waals surface area contributed by atoms with Gasteiger partial charge in [0.05, 0.1) is 6.54 Å². The summed E-state index contributed by atoms with van der Waals surface area (Å²) in [6.45, 7) is 2.34. The Balaban J connectivity index is 1.51. The van der Waals surface area contributed by atoms with Gasteiger partial charge in [-0.1, -0.05) is 48.0 Å². The topological polar surface area (TPSA) is 77.3 Å². The van der Waals surface area contributed by atoms with Crippen LogP contribution in [0, 0.1) is 0 Å². The molecule has 0 saturated carbocycles. The van der Waals surface area contributed by atoms with Crippen molar-refractivity contribution < 1.29 is 14.9 Å². The highest BCUT2D eigenvalue weighted by Gasteiger charge is 2.27. The van der Waals surface area contributed by atoms with Gasteiger partial charge in [0.1, 0.15) is 17.2 Å². The van der Waals surface area contributed by atoms with Crippen LogP contribution < -0.4 is 10.2 Å². The molecule has 0 aliphatic carbocycles. The monoisotopic (exact) mass is 467 g/mol. The first-order valence-corrected chi connectivity index (χ1v) is 11.6. The molecule has 33 heavy (non-hydrogen) atoms. The molecule has 2 aromatic carbocycles. The van der Waals surface area contributed by atoms with Crippen LogP contribution in [0.25, 0.3) is 0 Å². The lowest BCUT2D eigenvalue weighted by Crippen LogP contribution is -2.28. The summed E-state index contributed by atoms with van der Waals surface area (Å²) in [4.78, 5) is 6.33. The van der Waals surface area contributed by atoms with Crippen molar-refractivity contribution in [2.75, 3.05) is 38.2 Å². The van der Waals surface area contributed by atoms with E-state index in [1.165, 1.54) is 0 Å². The van der Waals surface area contributed by atoms with Crippen LogP contribution in [0.4, 0.5) is 5.69 Å². The number of halogens is 1. The van der Waals surface area contributed by atoms with E-state index in [1.54, 1.807) is 13.3 Å². The molecular weight excluding hydrogens is 438 g/mol. The van der Waals surface area contributed by atoms with E-state index in [0.717, 1.165) is 47.5 Å². The first kappa shape index (κ1) is 23.4. The summed E-state index contributed by atoms with van der Waals surface area (Å²) >= 11 is 6.24. The zero-order chi connectivity index (χ0) is 23.2. The minimum atomic E-state index is -0.754. The standard InChI is InChI=1S/C26H30ClN3O3/c1-28-16-18-4-2-5-20(14-18)25(32)21-7-8-24(19(15-21)10-13-31)30-12-9-22(17-30)33-26-23(27)6-3-11-29-26/h2-8,14-16,22,25,29,31-32H,9-13,17H2,1H3/t22-,25?/m0/s1. The quantitative estimate of drug-likeness (QED) is 0.518. The Morgan fingerprint density at radius 3 is 2.91 bits per heavy atom. The molecule has 0 aromatic heterocycles. The molecule has 3 N–H and O–H groups in total. The number of aliphatic hydroxyl groups is 2. The maximum Gasteiger partial charge on any atom is 0.206 e. The van der Waals surface area contributed by atoms with Crippen molar-refractivity contribution >= 4 is 23.5 Å².